The molecule has 0 spiro atoms. The molecule has 0 radical (unpaired) electrons. The topological polar surface area (TPSA) is 59.1 Å². The first-order valence-electron chi connectivity index (χ1n) is 7.44. The van der Waals surface area contributed by atoms with Crippen LogP contribution in [0.2, 0.25) is 0 Å². The summed E-state index contributed by atoms with van der Waals surface area (Å²) >= 11 is 0. The summed E-state index contributed by atoms with van der Waals surface area (Å²) in [7, 11) is 0. The Bertz CT molecular complexity index is 898. The first kappa shape index (κ1) is 15.4. The fourth-order valence-electron chi connectivity index (χ4n) is 2.79. The maximum Gasteiger partial charge on any atom is 0.129 e. The number of rotatable bonds is 2. The number of pyridine rings is 1. The quantitative estimate of drug-likeness (QED) is 0.747. The predicted molar refractivity (Wildman–Crippen MR) is 91.5 cm³/mol. The second-order valence-electron chi connectivity index (χ2n) is 6.38. The summed E-state index contributed by atoms with van der Waals surface area (Å²) in [5.74, 6) is 0.0654. The summed E-state index contributed by atoms with van der Waals surface area (Å²) in [6.07, 6.45) is 1.71. The lowest BCUT2D eigenvalue weighted by Crippen LogP contribution is -2.18. The Hall–Kier alpha value is -2.46. The summed E-state index contributed by atoms with van der Waals surface area (Å²) in [5, 5.41) is 12.0. The van der Waals surface area contributed by atoms with Crippen molar-refractivity contribution in [2.75, 3.05) is 5.73 Å². The van der Waals surface area contributed by atoms with Crippen molar-refractivity contribution in [1.82, 2.24) is 4.98 Å². The van der Waals surface area contributed by atoms with Crippen molar-refractivity contribution in [3.05, 3.63) is 59.5 Å². The van der Waals surface area contributed by atoms with Crippen molar-refractivity contribution in [2.45, 2.75) is 26.4 Å². The number of nitrogens with two attached hydrogens (primary N) is 1. The average molecular weight is 310 g/mol. The van der Waals surface area contributed by atoms with E-state index in [0.29, 0.717) is 11.4 Å². The molecule has 1 heterocycles. The number of nitrogens with zero attached hydrogens (tertiary/aromatic N) is 1. The van der Waals surface area contributed by atoms with Crippen molar-refractivity contribution in [2.24, 2.45) is 0 Å². The Morgan fingerprint density at radius 1 is 1.09 bits per heavy atom. The number of hydrogen-bond acceptors (Lipinski definition) is 3. The molecule has 0 aliphatic rings. The van der Waals surface area contributed by atoms with E-state index in [-0.39, 0.29) is 0 Å². The molecule has 0 amide bonds. The Morgan fingerprint density at radius 3 is 2.52 bits per heavy atom. The molecule has 0 bridgehead atoms. The Balaban J connectivity index is 2.15. The van der Waals surface area contributed by atoms with Crippen LogP contribution in [-0.2, 0) is 5.60 Å². The number of anilines is 1. The lowest BCUT2D eigenvalue weighted by molar-refractivity contribution is 0.0745. The number of aromatic nitrogens is 1. The van der Waals surface area contributed by atoms with Gasteiger partial charge in [-0.2, -0.15) is 0 Å². The fourth-order valence-corrected chi connectivity index (χ4v) is 2.79. The van der Waals surface area contributed by atoms with Gasteiger partial charge < -0.3 is 10.8 Å². The van der Waals surface area contributed by atoms with E-state index in [4.69, 9.17) is 5.73 Å². The van der Waals surface area contributed by atoms with Crippen molar-refractivity contribution in [3.63, 3.8) is 0 Å². The normalized spacial score (nSPS) is 11.9. The van der Waals surface area contributed by atoms with Gasteiger partial charge in [0, 0.05) is 17.1 Å². The summed E-state index contributed by atoms with van der Waals surface area (Å²) in [4.78, 5) is 4.10. The number of nitrogen functional groups attached to an aromatic ring is 1. The van der Waals surface area contributed by atoms with Gasteiger partial charge in [0.2, 0.25) is 0 Å². The number of aliphatic hydroxyl groups is 1. The number of aryl methyl sites for hydroxylation is 1. The van der Waals surface area contributed by atoms with Crippen LogP contribution in [0.3, 0.4) is 0 Å². The highest BCUT2D eigenvalue weighted by molar-refractivity contribution is 5.88. The number of benzene rings is 2. The van der Waals surface area contributed by atoms with E-state index in [2.05, 4.69) is 4.98 Å². The van der Waals surface area contributed by atoms with Gasteiger partial charge in [-0.25, -0.2) is 9.37 Å². The molecule has 2 aromatic carbocycles. The lowest BCUT2D eigenvalue weighted by Gasteiger charge is -2.20. The SMILES string of the molecule is Cc1cc(C(C)(C)O)c(F)cc1-c1ccc2cc(N)ncc2c1. The predicted octanol–water partition coefficient (Wildman–Crippen LogP) is 4.16. The van der Waals surface area contributed by atoms with Gasteiger partial charge in [0.25, 0.3) is 0 Å². The van der Waals surface area contributed by atoms with Crippen LogP contribution in [0.5, 0.6) is 0 Å². The largest absolute Gasteiger partial charge is 0.386 e. The molecule has 118 valence electrons. The smallest absolute Gasteiger partial charge is 0.129 e. The molecule has 3 rings (SSSR count). The van der Waals surface area contributed by atoms with E-state index in [1.165, 1.54) is 6.07 Å². The zero-order valence-electron chi connectivity index (χ0n) is 13.4. The maximum atomic E-state index is 14.4. The number of halogens is 1. The van der Waals surface area contributed by atoms with Crippen LogP contribution in [0, 0.1) is 12.7 Å². The number of hydrogen-bond donors (Lipinski definition) is 2. The van der Waals surface area contributed by atoms with Gasteiger partial charge in [-0.15, -0.1) is 0 Å². The van der Waals surface area contributed by atoms with E-state index >= 15 is 0 Å². The van der Waals surface area contributed by atoms with E-state index < -0.39 is 11.4 Å². The van der Waals surface area contributed by atoms with Gasteiger partial charge in [-0.3, -0.25) is 0 Å². The van der Waals surface area contributed by atoms with Crippen LogP contribution in [0.25, 0.3) is 21.9 Å². The molecular weight excluding hydrogens is 291 g/mol. The minimum Gasteiger partial charge on any atom is -0.386 e. The van der Waals surface area contributed by atoms with Crippen LogP contribution >= 0.6 is 0 Å². The number of fused-ring (bicyclic) bond motifs is 1. The van der Waals surface area contributed by atoms with Crippen molar-refractivity contribution >= 4 is 16.6 Å². The van der Waals surface area contributed by atoms with Crippen molar-refractivity contribution in [1.29, 1.82) is 0 Å². The third-order valence-electron chi connectivity index (χ3n) is 4.03. The highest BCUT2D eigenvalue weighted by Gasteiger charge is 2.22. The third-order valence-corrected chi connectivity index (χ3v) is 4.03. The molecular formula is C19H19FN2O. The Labute approximate surface area is 134 Å². The summed E-state index contributed by atoms with van der Waals surface area (Å²) in [5.41, 5.74) is 7.39. The van der Waals surface area contributed by atoms with Gasteiger partial charge in [-0.1, -0.05) is 12.1 Å². The molecule has 3 aromatic rings. The maximum absolute atomic E-state index is 14.4. The molecule has 0 aliphatic carbocycles. The summed E-state index contributed by atoms with van der Waals surface area (Å²) in [6, 6.07) is 10.8. The average Bonchev–Trinajstić information content (AvgIpc) is 2.47. The third kappa shape index (κ3) is 2.90. The van der Waals surface area contributed by atoms with Crippen LogP contribution in [0.4, 0.5) is 10.2 Å². The molecule has 0 saturated heterocycles. The molecule has 23 heavy (non-hydrogen) atoms. The Kier molecular flexibility index (Phi) is 3.57. The molecule has 4 heteroatoms. The molecule has 3 nitrogen and oxygen atoms in total. The molecule has 1 aromatic heterocycles. The van der Waals surface area contributed by atoms with E-state index in [1.54, 1.807) is 26.1 Å². The zero-order valence-corrected chi connectivity index (χ0v) is 13.4. The van der Waals surface area contributed by atoms with Crippen molar-refractivity contribution < 1.29 is 9.50 Å². The van der Waals surface area contributed by atoms with Crippen LogP contribution in [-0.4, -0.2) is 10.1 Å². The van der Waals surface area contributed by atoms with E-state index in [9.17, 15) is 9.50 Å². The Morgan fingerprint density at radius 2 is 1.83 bits per heavy atom. The van der Waals surface area contributed by atoms with Crippen LogP contribution in [0.15, 0.2) is 42.6 Å². The minimum absolute atomic E-state index is 0.300. The highest BCUT2D eigenvalue weighted by atomic mass is 19.1. The monoisotopic (exact) mass is 310 g/mol. The van der Waals surface area contributed by atoms with Gasteiger partial charge in [0.1, 0.15) is 11.6 Å². The highest BCUT2D eigenvalue weighted by Crippen LogP contribution is 2.32. The molecule has 0 fully saturated rings. The lowest BCUT2D eigenvalue weighted by atomic mass is 9.91. The summed E-state index contributed by atoms with van der Waals surface area (Å²) in [6.45, 7) is 5.07. The van der Waals surface area contributed by atoms with Gasteiger partial charge in [0.05, 0.1) is 5.60 Å². The summed E-state index contributed by atoms with van der Waals surface area (Å²) < 4.78 is 14.4. The first-order valence-corrected chi connectivity index (χ1v) is 7.44. The molecule has 0 saturated carbocycles. The zero-order chi connectivity index (χ0) is 16.8. The fraction of sp³-hybridized carbons (Fsp3) is 0.211. The molecule has 3 N–H and O–H groups in total. The van der Waals surface area contributed by atoms with Gasteiger partial charge in [-0.05, 0) is 67.1 Å². The van der Waals surface area contributed by atoms with Crippen molar-refractivity contribution in [3.8, 4) is 11.1 Å². The standard InChI is InChI=1S/C19H19FN2O/c1-11-6-16(19(2,3)23)17(20)9-15(11)13-5-4-12-8-18(21)22-10-14(12)7-13/h4-10,23H,1-3H3,(H2,21,22). The van der Waals surface area contributed by atoms with Gasteiger partial charge >= 0.3 is 0 Å². The van der Waals surface area contributed by atoms with Gasteiger partial charge in [0.15, 0.2) is 0 Å². The minimum atomic E-state index is -1.21. The van der Waals surface area contributed by atoms with E-state index in [1.807, 2.05) is 31.2 Å². The first-order chi connectivity index (χ1) is 10.8. The van der Waals surface area contributed by atoms with Crippen LogP contribution < -0.4 is 5.73 Å². The molecule has 0 unspecified atom stereocenters. The second kappa shape index (κ2) is 5.32. The van der Waals surface area contributed by atoms with Crippen LogP contribution in [0.1, 0.15) is 25.0 Å². The second-order valence-corrected chi connectivity index (χ2v) is 6.38. The molecule has 0 atom stereocenters. The molecule has 0 aliphatic heterocycles. The van der Waals surface area contributed by atoms with E-state index in [0.717, 1.165) is 27.5 Å².